The van der Waals surface area contributed by atoms with Crippen LogP contribution in [0.2, 0.25) is 0 Å². The molecular formula is C14H11F3N6. The highest BCUT2D eigenvalue weighted by atomic mass is 19.4. The Bertz CT molecular complexity index is 929. The Labute approximate surface area is 128 Å². The second-order valence-electron chi connectivity index (χ2n) is 5.01. The molecule has 0 unspecified atom stereocenters. The number of hydrogen-bond donors (Lipinski definition) is 2. The number of fused-ring (bicyclic) bond motifs is 1. The van der Waals surface area contributed by atoms with Gasteiger partial charge in [0.05, 0.1) is 23.3 Å². The largest absolute Gasteiger partial charge is 0.416 e. The van der Waals surface area contributed by atoms with Crippen molar-refractivity contribution in [3.63, 3.8) is 0 Å². The van der Waals surface area contributed by atoms with Gasteiger partial charge in [0, 0.05) is 16.6 Å². The number of nitrogens with one attached hydrogen (secondary N) is 1. The number of nitrogens with zero attached hydrogens (tertiary/aromatic N) is 4. The number of benzene rings is 1. The molecule has 23 heavy (non-hydrogen) atoms. The molecule has 6 nitrogen and oxygen atoms in total. The first-order valence-corrected chi connectivity index (χ1v) is 6.57. The molecule has 0 spiro atoms. The van der Waals surface area contributed by atoms with Crippen LogP contribution in [0.5, 0.6) is 0 Å². The van der Waals surface area contributed by atoms with Crippen LogP contribution in [0, 0.1) is 18.3 Å². The van der Waals surface area contributed by atoms with Crippen LogP contribution in [0.4, 0.5) is 19.0 Å². The molecule has 0 aliphatic heterocycles. The standard InChI is InChI=1S/C14H11F3N6/c1-7-12(13(19)22-23(7)3-2-18)9-4-8(14(15,16)17)5-11-10(9)6-20-21-11/h4-6H,3H2,1H3,(H2,19,22)(H,20,21). The summed E-state index contributed by atoms with van der Waals surface area (Å²) in [6, 6.07) is 3.95. The summed E-state index contributed by atoms with van der Waals surface area (Å²) in [5.74, 6) is 0.0691. The number of halogens is 3. The van der Waals surface area contributed by atoms with Crippen LogP contribution in [-0.4, -0.2) is 20.0 Å². The molecule has 3 aromatic rings. The Balaban J connectivity index is 2.32. The molecule has 118 valence electrons. The van der Waals surface area contributed by atoms with Crippen molar-refractivity contribution in [2.75, 3.05) is 5.73 Å². The zero-order chi connectivity index (χ0) is 16.8. The van der Waals surface area contributed by atoms with Crippen molar-refractivity contribution in [3.8, 4) is 17.2 Å². The van der Waals surface area contributed by atoms with E-state index in [4.69, 9.17) is 11.0 Å². The molecule has 2 heterocycles. The summed E-state index contributed by atoms with van der Waals surface area (Å²) in [5.41, 5.74) is 6.49. The SMILES string of the molecule is Cc1c(-c2cc(C(F)(F)F)cc3[nH]ncc23)c(N)nn1CC#N. The lowest BCUT2D eigenvalue weighted by Crippen LogP contribution is -2.05. The third-order valence-corrected chi connectivity index (χ3v) is 3.61. The minimum Gasteiger partial charge on any atom is -0.382 e. The van der Waals surface area contributed by atoms with Gasteiger partial charge in [-0.2, -0.15) is 28.6 Å². The second-order valence-corrected chi connectivity index (χ2v) is 5.01. The fourth-order valence-electron chi connectivity index (χ4n) is 2.54. The Hall–Kier alpha value is -3.02. The zero-order valence-electron chi connectivity index (χ0n) is 11.9. The van der Waals surface area contributed by atoms with Gasteiger partial charge >= 0.3 is 6.18 Å². The highest BCUT2D eigenvalue weighted by Gasteiger charge is 2.32. The van der Waals surface area contributed by atoms with Crippen LogP contribution in [0.1, 0.15) is 11.3 Å². The van der Waals surface area contributed by atoms with Crippen molar-refractivity contribution in [2.24, 2.45) is 0 Å². The van der Waals surface area contributed by atoms with Gasteiger partial charge in [-0.05, 0) is 24.6 Å². The van der Waals surface area contributed by atoms with E-state index in [9.17, 15) is 13.2 Å². The van der Waals surface area contributed by atoms with Crippen molar-refractivity contribution in [1.82, 2.24) is 20.0 Å². The molecule has 0 amide bonds. The van der Waals surface area contributed by atoms with Gasteiger partial charge in [0.25, 0.3) is 0 Å². The van der Waals surface area contributed by atoms with Gasteiger partial charge in [0.2, 0.25) is 0 Å². The van der Waals surface area contributed by atoms with Crippen molar-refractivity contribution >= 4 is 16.7 Å². The average Bonchev–Trinajstić information content (AvgIpc) is 3.03. The molecule has 0 fully saturated rings. The van der Waals surface area contributed by atoms with Crippen molar-refractivity contribution in [3.05, 3.63) is 29.6 Å². The molecule has 2 aromatic heterocycles. The van der Waals surface area contributed by atoms with Crippen molar-refractivity contribution in [2.45, 2.75) is 19.6 Å². The number of nitrogen functional groups attached to an aromatic ring is 1. The summed E-state index contributed by atoms with van der Waals surface area (Å²) >= 11 is 0. The summed E-state index contributed by atoms with van der Waals surface area (Å²) in [6.07, 6.45) is -3.06. The maximum absolute atomic E-state index is 13.1. The highest BCUT2D eigenvalue weighted by molar-refractivity contribution is 5.98. The maximum Gasteiger partial charge on any atom is 0.416 e. The Kier molecular flexibility index (Phi) is 3.25. The molecule has 1 aromatic carbocycles. The molecule has 0 atom stereocenters. The third-order valence-electron chi connectivity index (χ3n) is 3.61. The van der Waals surface area contributed by atoms with Crippen LogP contribution in [0.25, 0.3) is 22.0 Å². The number of anilines is 1. The van der Waals surface area contributed by atoms with Crippen LogP contribution in [-0.2, 0) is 12.7 Å². The third kappa shape index (κ3) is 2.38. The fraction of sp³-hybridized carbons (Fsp3) is 0.214. The van der Waals surface area contributed by atoms with E-state index in [1.807, 2.05) is 6.07 Å². The van der Waals surface area contributed by atoms with E-state index in [1.165, 1.54) is 10.9 Å². The Morgan fingerprint density at radius 1 is 1.39 bits per heavy atom. The molecule has 3 N–H and O–H groups in total. The summed E-state index contributed by atoms with van der Waals surface area (Å²) in [5, 5.41) is 19.7. The van der Waals surface area contributed by atoms with Gasteiger partial charge in [-0.15, -0.1) is 0 Å². The summed E-state index contributed by atoms with van der Waals surface area (Å²) in [6.45, 7) is 1.62. The minimum absolute atomic E-state index is 0.0382. The molecule has 0 aliphatic carbocycles. The second kappa shape index (κ2) is 5.01. The van der Waals surface area contributed by atoms with E-state index in [1.54, 1.807) is 6.92 Å². The minimum atomic E-state index is -4.50. The molecule has 0 radical (unpaired) electrons. The quantitative estimate of drug-likeness (QED) is 0.759. The first kappa shape index (κ1) is 14.9. The molecule has 3 rings (SSSR count). The van der Waals surface area contributed by atoms with Crippen LogP contribution in [0.3, 0.4) is 0 Å². The molecule has 9 heteroatoms. The molecule has 0 saturated heterocycles. The highest BCUT2D eigenvalue weighted by Crippen LogP contribution is 2.39. The monoisotopic (exact) mass is 320 g/mol. The summed E-state index contributed by atoms with van der Waals surface area (Å²) in [4.78, 5) is 0. The Morgan fingerprint density at radius 3 is 2.78 bits per heavy atom. The van der Waals surface area contributed by atoms with Gasteiger partial charge in [-0.1, -0.05) is 0 Å². The molecule has 0 saturated carbocycles. The van der Waals surface area contributed by atoms with Crippen molar-refractivity contribution < 1.29 is 13.2 Å². The van der Waals surface area contributed by atoms with Crippen LogP contribution < -0.4 is 5.73 Å². The van der Waals surface area contributed by atoms with Gasteiger partial charge in [-0.25, -0.2) is 0 Å². The fourth-order valence-corrected chi connectivity index (χ4v) is 2.54. The number of aromatic amines is 1. The van der Waals surface area contributed by atoms with E-state index in [-0.39, 0.29) is 23.4 Å². The topological polar surface area (TPSA) is 96.3 Å². The lowest BCUT2D eigenvalue weighted by Gasteiger charge is -2.10. The summed E-state index contributed by atoms with van der Waals surface area (Å²) < 4.78 is 40.7. The van der Waals surface area contributed by atoms with Crippen molar-refractivity contribution in [1.29, 1.82) is 5.26 Å². The number of alkyl halides is 3. The number of nitrogens with two attached hydrogens (primary N) is 1. The first-order chi connectivity index (χ1) is 10.8. The maximum atomic E-state index is 13.1. The number of hydrogen-bond acceptors (Lipinski definition) is 4. The van der Waals surface area contributed by atoms with Gasteiger partial charge in [-0.3, -0.25) is 9.78 Å². The first-order valence-electron chi connectivity index (χ1n) is 6.57. The number of H-pyrrole nitrogens is 1. The van der Waals surface area contributed by atoms with E-state index in [2.05, 4.69) is 15.3 Å². The Morgan fingerprint density at radius 2 is 2.13 bits per heavy atom. The molecule has 0 aliphatic rings. The van der Waals surface area contributed by atoms with E-state index in [0.717, 1.165) is 12.1 Å². The smallest absolute Gasteiger partial charge is 0.382 e. The lowest BCUT2D eigenvalue weighted by molar-refractivity contribution is -0.137. The van der Waals surface area contributed by atoms with E-state index in [0.29, 0.717) is 16.6 Å². The average molecular weight is 320 g/mol. The van der Waals surface area contributed by atoms with E-state index >= 15 is 0 Å². The predicted molar refractivity (Wildman–Crippen MR) is 77.1 cm³/mol. The number of rotatable bonds is 2. The van der Waals surface area contributed by atoms with E-state index < -0.39 is 11.7 Å². The van der Waals surface area contributed by atoms with Crippen LogP contribution >= 0.6 is 0 Å². The van der Waals surface area contributed by atoms with Gasteiger partial charge in [0.15, 0.2) is 5.82 Å². The number of aromatic nitrogens is 4. The summed E-state index contributed by atoms with van der Waals surface area (Å²) in [7, 11) is 0. The predicted octanol–water partition coefficient (Wildman–Crippen LogP) is 2.86. The zero-order valence-corrected chi connectivity index (χ0v) is 11.9. The molecular weight excluding hydrogens is 309 g/mol. The van der Waals surface area contributed by atoms with Crippen LogP contribution in [0.15, 0.2) is 18.3 Å². The lowest BCUT2D eigenvalue weighted by atomic mass is 9.98. The van der Waals surface area contributed by atoms with Gasteiger partial charge < -0.3 is 5.73 Å². The molecule has 0 bridgehead atoms. The van der Waals surface area contributed by atoms with Gasteiger partial charge in [0.1, 0.15) is 6.54 Å². The normalized spacial score (nSPS) is 11.8. The number of nitriles is 1.